The van der Waals surface area contributed by atoms with Crippen molar-refractivity contribution in [2.75, 3.05) is 18.8 Å². The zero-order valence-corrected chi connectivity index (χ0v) is 10.6. The molecule has 0 aliphatic rings. The van der Waals surface area contributed by atoms with E-state index in [0.29, 0.717) is 12.2 Å². The molecule has 0 unspecified atom stereocenters. The predicted molar refractivity (Wildman–Crippen MR) is 66.6 cm³/mol. The van der Waals surface area contributed by atoms with Gasteiger partial charge in [0.2, 0.25) is 0 Å². The largest absolute Gasteiger partial charge is 0.398 e. The third kappa shape index (κ3) is 2.76. The summed E-state index contributed by atoms with van der Waals surface area (Å²) in [7, 11) is -3.48. The molecule has 0 aromatic carbocycles. The molecule has 0 amide bonds. The van der Waals surface area contributed by atoms with Crippen LogP contribution in [0.15, 0.2) is 15.7 Å². The first kappa shape index (κ1) is 13.0. The van der Waals surface area contributed by atoms with E-state index in [4.69, 9.17) is 12.2 Å². The van der Waals surface area contributed by atoms with Crippen LogP contribution in [0.3, 0.4) is 0 Å². The van der Waals surface area contributed by atoms with Crippen molar-refractivity contribution < 1.29 is 8.42 Å². The maximum Gasteiger partial charge on any atom is 0.253 e. The number of nitrogen functional groups attached to an aromatic ring is 1. The van der Waals surface area contributed by atoms with Gasteiger partial charge in [-0.3, -0.25) is 0 Å². The maximum atomic E-state index is 12.1. The first-order valence-corrected chi connectivity index (χ1v) is 7.12. The summed E-state index contributed by atoms with van der Waals surface area (Å²) in [6, 6.07) is 1.46. The first-order chi connectivity index (χ1) is 7.52. The monoisotopic (exact) mass is 258 g/mol. The molecule has 0 atom stereocenters. The van der Waals surface area contributed by atoms with E-state index in [1.807, 2.05) is 6.92 Å². The lowest BCUT2D eigenvalue weighted by molar-refractivity contribution is 0.447. The van der Waals surface area contributed by atoms with Crippen LogP contribution in [0.1, 0.15) is 13.3 Å². The molecule has 0 saturated carbocycles. The Bertz CT molecular complexity index is 485. The molecule has 0 radical (unpaired) electrons. The summed E-state index contributed by atoms with van der Waals surface area (Å²) in [5, 5.41) is 1.60. The van der Waals surface area contributed by atoms with Gasteiger partial charge in [-0.25, -0.2) is 8.42 Å². The Labute approximate surface area is 100 Å². The van der Waals surface area contributed by atoms with E-state index in [-0.39, 0.29) is 10.8 Å². The topological polar surface area (TPSA) is 63.4 Å². The van der Waals surface area contributed by atoms with Crippen molar-refractivity contribution in [2.45, 2.75) is 17.6 Å². The van der Waals surface area contributed by atoms with Crippen molar-refractivity contribution in [3.05, 3.63) is 11.4 Å². The highest BCUT2D eigenvalue weighted by Crippen LogP contribution is 2.24. The van der Waals surface area contributed by atoms with Gasteiger partial charge in [0.1, 0.15) is 4.21 Å². The molecule has 1 aromatic heterocycles. The Morgan fingerprint density at radius 2 is 2.31 bits per heavy atom. The fourth-order valence-corrected chi connectivity index (χ4v) is 3.91. The Morgan fingerprint density at radius 3 is 2.75 bits per heavy atom. The van der Waals surface area contributed by atoms with Crippen LogP contribution >= 0.6 is 11.3 Å². The molecule has 1 heterocycles. The Kier molecular flexibility index (Phi) is 4.35. The average Bonchev–Trinajstić information content (AvgIpc) is 2.65. The van der Waals surface area contributed by atoms with Gasteiger partial charge in [-0.05, 0) is 12.5 Å². The molecule has 88 valence electrons. The molecular formula is C10H14N2O2S2. The molecule has 0 bridgehead atoms. The zero-order chi connectivity index (χ0) is 12.2. The minimum atomic E-state index is -3.48. The van der Waals surface area contributed by atoms with E-state index >= 15 is 0 Å². The summed E-state index contributed by atoms with van der Waals surface area (Å²) in [5.41, 5.74) is 5.97. The predicted octanol–water partition coefficient (Wildman–Crippen LogP) is 1.36. The van der Waals surface area contributed by atoms with Crippen LogP contribution in [0.2, 0.25) is 0 Å². The highest BCUT2D eigenvalue weighted by Gasteiger charge is 2.24. The quantitative estimate of drug-likeness (QED) is 0.811. The molecule has 0 aliphatic carbocycles. The Hall–Kier alpha value is -1.03. The van der Waals surface area contributed by atoms with Gasteiger partial charge in [0, 0.05) is 17.6 Å². The molecular weight excluding hydrogens is 244 g/mol. The number of nitrogens with two attached hydrogens (primary N) is 1. The lowest BCUT2D eigenvalue weighted by atomic mass is 10.5. The minimum absolute atomic E-state index is 0.0912. The van der Waals surface area contributed by atoms with Crippen LogP contribution in [0, 0.1) is 12.3 Å². The number of hydrogen-bond acceptors (Lipinski definition) is 4. The van der Waals surface area contributed by atoms with Crippen molar-refractivity contribution in [3.63, 3.8) is 0 Å². The van der Waals surface area contributed by atoms with E-state index in [9.17, 15) is 8.42 Å². The minimum Gasteiger partial charge on any atom is -0.398 e. The molecule has 0 saturated heterocycles. The van der Waals surface area contributed by atoms with E-state index in [2.05, 4.69) is 5.92 Å². The van der Waals surface area contributed by atoms with Crippen molar-refractivity contribution in [2.24, 2.45) is 0 Å². The van der Waals surface area contributed by atoms with Crippen molar-refractivity contribution in [3.8, 4) is 12.3 Å². The summed E-state index contributed by atoms with van der Waals surface area (Å²) >= 11 is 1.11. The maximum absolute atomic E-state index is 12.1. The summed E-state index contributed by atoms with van der Waals surface area (Å²) in [4.78, 5) is 0. The van der Waals surface area contributed by atoms with Gasteiger partial charge < -0.3 is 5.73 Å². The average molecular weight is 258 g/mol. The van der Waals surface area contributed by atoms with Gasteiger partial charge >= 0.3 is 0 Å². The van der Waals surface area contributed by atoms with Gasteiger partial charge in [-0.1, -0.05) is 12.8 Å². The highest BCUT2D eigenvalue weighted by atomic mass is 32.2. The number of anilines is 1. The van der Waals surface area contributed by atoms with Gasteiger partial charge in [0.15, 0.2) is 0 Å². The summed E-state index contributed by atoms with van der Waals surface area (Å²) < 4.78 is 25.8. The van der Waals surface area contributed by atoms with E-state index in [1.54, 1.807) is 5.38 Å². The molecule has 4 nitrogen and oxygen atoms in total. The molecule has 1 rings (SSSR count). The molecule has 0 aliphatic heterocycles. The number of terminal acetylenes is 1. The normalized spacial score (nSPS) is 11.6. The van der Waals surface area contributed by atoms with E-state index in [0.717, 1.165) is 17.8 Å². The molecule has 2 N–H and O–H groups in total. The number of thiophene rings is 1. The van der Waals surface area contributed by atoms with Crippen LogP contribution in [-0.2, 0) is 10.0 Å². The third-order valence-corrected chi connectivity index (χ3v) is 5.21. The second-order valence-electron chi connectivity index (χ2n) is 3.24. The van der Waals surface area contributed by atoms with Crippen molar-refractivity contribution in [1.82, 2.24) is 4.31 Å². The van der Waals surface area contributed by atoms with Gasteiger partial charge in [-0.15, -0.1) is 17.8 Å². The van der Waals surface area contributed by atoms with Crippen LogP contribution in [0.4, 0.5) is 5.69 Å². The van der Waals surface area contributed by atoms with Crippen LogP contribution in [0.25, 0.3) is 0 Å². The van der Waals surface area contributed by atoms with Crippen LogP contribution < -0.4 is 5.73 Å². The summed E-state index contributed by atoms with van der Waals surface area (Å²) in [5.74, 6) is 2.36. The summed E-state index contributed by atoms with van der Waals surface area (Å²) in [6.07, 6.45) is 5.89. The summed E-state index contributed by atoms with van der Waals surface area (Å²) in [6.45, 7) is 2.42. The van der Waals surface area contributed by atoms with Crippen molar-refractivity contribution in [1.29, 1.82) is 0 Å². The van der Waals surface area contributed by atoms with Gasteiger partial charge in [0.05, 0.1) is 6.54 Å². The highest BCUT2D eigenvalue weighted by molar-refractivity contribution is 7.91. The molecule has 16 heavy (non-hydrogen) atoms. The van der Waals surface area contributed by atoms with Crippen LogP contribution in [-0.4, -0.2) is 25.8 Å². The standard InChI is InChI=1S/C10H14N2O2S2/c1-3-5-12(6-4-2)16(13,14)10-7-9(11)8-15-10/h1,7-8H,4-6,11H2,2H3. The number of sulfonamides is 1. The zero-order valence-electron chi connectivity index (χ0n) is 9.01. The van der Waals surface area contributed by atoms with Gasteiger partial charge in [-0.2, -0.15) is 4.31 Å². The number of nitrogens with zero attached hydrogens (tertiary/aromatic N) is 1. The van der Waals surface area contributed by atoms with Crippen LogP contribution in [0.5, 0.6) is 0 Å². The number of hydrogen-bond donors (Lipinski definition) is 1. The molecule has 6 heteroatoms. The number of rotatable bonds is 5. The molecule has 0 fully saturated rings. The fraction of sp³-hybridized carbons (Fsp3) is 0.400. The lowest BCUT2D eigenvalue weighted by Crippen LogP contribution is -2.31. The van der Waals surface area contributed by atoms with E-state index < -0.39 is 10.0 Å². The second-order valence-corrected chi connectivity index (χ2v) is 6.32. The Morgan fingerprint density at radius 1 is 1.62 bits per heavy atom. The second kappa shape index (κ2) is 5.34. The fourth-order valence-electron chi connectivity index (χ4n) is 1.23. The van der Waals surface area contributed by atoms with Crippen molar-refractivity contribution >= 4 is 27.0 Å². The Balaban J connectivity index is 3.03. The lowest BCUT2D eigenvalue weighted by Gasteiger charge is -2.17. The third-order valence-electron chi connectivity index (χ3n) is 1.93. The SMILES string of the molecule is C#CCN(CCC)S(=O)(=O)c1cc(N)cs1. The molecule has 0 spiro atoms. The van der Waals surface area contributed by atoms with E-state index in [1.165, 1.54) is 10.4 Å². The molecule has 1 aromatic rings. The first-order valence-electron chi connectivity index (χ1n) is 4.80. The smallest absolute Gasteiger partial charge is 0.253 e. The van der Waals surface area contributed by atoms with Gasteiger partial charge in [0.25, 0.3) is 10.0 Å².